The molecule has 1 aromatic heterocycles. The highest BCUT2D eigenvalue weighted by molar-refractivity contribution is 9.13. The predicted octanol–water partition coefficient (Wildman–Crippen LogP) is 3.98. The minimum Gasteiger partial charge on any atom is -0.373 e. The largest absolute Gasteiger partial charge is 0.373 e. The molecule has 1 heterocycles. The molecule has 0 saturated heterocycles. The quantitative estimate of drug-likeness (QED) is 0.780. The maximum atomic E-state index is 5.76. The number of hydrogen-bond acceptors (Lipinski definition) is 2. The van der Waals surface area contributed by atoms with Crippen LogP contribution in [0.5, 0.6) is 0 Å². The van der Waals surface area contributed by atoms with E-state index in [0.29, 0.717) is 12.7 Å². The Morgan fingerprint density at radius 2 is 2.20 bits per heavy atom. The molecule has 0 aromatic carbocycles. The van der Waals surface area contributed by atoms with Gasteiger partial charge in [-0.2, -0.15) is 0 Å². The Bertz CT molecular complexity index is 364. The van der Waals surface area contributed by atoms with Crippen LogP contribution < -0.4 is 0 Å². The third-order valence-corrected chi connectivity index (χ3v) is 4.50. The summed E-state index contributed by atoms with van der Waals surface area (Å²) in [5.41, 5.74) is 2.20. The molecule has 0 N–H and O–H groups in total. The summed E-state index contributed by atoms with van der Waals surface area (Å²) in [5.74, 6) is 0. The molecule has 0 atom stereocenters. The fourth-order valence-corrected chi connectivity index (χ4v) is 2.23. The number of aromatic nitrogens is 1. The third-order valence-electron chi connectivity index (χ3n) is 2.76. The topological polar surface area (TPSA) is 22.1 Å². The van der Waals surface area contributed by atoms with Crippen molar-refractivity contribution in [2.45, 2.75) is 38.9 Å². The van der Waals surface area contributed by atoms with E-state index < -0.39 is 0 Å². The lowest BCUT2D eigenvalue weighted by molar-refractivity contribution is -0.00900. The Kier molecular flexibility index (Phi) is 3.80. The van der Waals surface area contributed by atoms with Crippen LogP contribution in [0.4, 0.5) is 0 Å². The van der Waals surface area contributed by atoms with Crippen LogP contribution >= 0.6 is 31.9 Å². The first-order chi connectivity index (χ1) is 7.16. The van der Waals surface area contributed by atoms with Crippen LogP contribution in [0, 0.1) is 6.92 Å². The Balaban J connectivity index is 2.03. The van der Waals surface area contributed by atoms with Crippen molar-refractivity contribution in [1.29, 1.82) is 0 Å². The predicted molar refractivity (Wildman–Crippen MR) is 66.8 cm³/mol. The summed E-state index contributed by atoms with van der Waals surface area (Å²) in [4.78, 5) is 4.38. The van der Waals surface area contributed by atoms with Gasteiger partial charge in [-0.1, -0.05) is 0 Å². The van der Waals surface area contributed by atoms with E-state index in [0.717, 1.165) is 20.3 Å². The van der Waals surface area contributed by atoms with E-state index in [1.807, 2.05) is 6.92 Å². The van der Waals surface area contributed by atoms with Gasteiger partial charge in [0.2, 0.25) is 0 Å². The van der Waals surface area contributed by atoms with Crippen molar-refractivity contribution >= 4 is 31.9 Å². The molecule has 1 saturated carbocycles. The zero-order valence-corrected chi connectivity index (χ0v) is 11.8. The number of aryl methyl sites for hydroxylation is 1. The van der Waals surface area contributed by atoms with Gasteiger partial charge in [-0.3, -0.25) is 0 Å². The van der Waals surface area contributed by atoms with E-state index >= 15 is 0 Å². The lowest BCUT2D eigenvalue weighted by Crippen LogP contribution is -2.21. The van der Waals surface area contributed by atoms with Crippen molar-refractivity contribution in [1.82, 2.24) is 4.98 Å². The highest BCUT2D eigenvalue weighted by Crippen LogP contribution is 2.26. The van der Waals surface area contributed by atoms with E-state index in [1.54, 1.807) is 0 Å². The first-order valence-electron chi connectivity index (χ1n) is 5.10. The zero-order chi connectivity index (χ0) is 10.8. The normalized spacial score (nSPS) is 16.5. The summed E-state index contributed by atoms with van der Waals surface area (Å²) >= 11 is 6.84. The van der Waals surface area contributed by atoms with Crippen molar-refractivity contribution in [2.75, 3.05) is 0 Å². The monoisotopic (exact) mass is 333 g/mol. The smallest absolute Gasteiger partial charge is 0.120 e. The molecule has 82 valence electrons. The molecule has 1 fully saturated rings. The number of halogens is 2. The standard InChI is InChI=1S/C11H13Br2NO/c1-7-8(5-10(12)11(13)14-7)6-15-9-3-2-4-9/h5,9H,2-4,6H2,1H3. The molecular formula is C11H13Br2NO. The van der Waals surface area contributed by atoms with Crippen molar-refractivity contribution in [3.05, 3.63) is 26.4 Å². The van der Waals surface area contributed by atoms with E-state index in [4.69, 9.17) is 4.74 Å². The van der Waals surface area contributed by atoms with Gasteiger partial charge in [-0.25, -0.2) is 4.98 Å². The van der Waals surface area contributed by atoms with Crippen LogP contribution in [0.3, 0.4) is 0 Å². The van der Waals surface area contributed by atoms with Crippen LogP contribution in [0.25, 0.3) is 0 Å². The van der Waals surface area contributed by atoms with Gasteiger partial charge in [-0.05, 0) is 64.1 Å². The molecule has 0 aliphatic heterocycles. The molecule has 0 bridgehead atoms. The van der Waals surface area contributed by atoms with Gasteiger partial charge < -0.3 is 4.74 Å². The van der Waals surface area contributed by atoms with Crippen molar-refractivity contribution in [3.63, 3.8) is 0 Å². The first kappa shape index (κ1) is 11.6. The summed E-state index contributed by atoms with van der Waals surface area (Å²) in [6.07, 6.45) is 4.21. The Hall–Kier alpha value is 0.0700. The van der Waals surface area contributed by atoms with Gasteiger partial charge >= 0.3 is 0 Å². The van der Waals surface area contributed by atoms with Crippen molar-refractivity contribution in [2.24, 2.45) is 0 Å². The van der Waals surface area contributed by atoms with Gasteiger partial charge in [-0.15, -0.1) is 0 Å². The molecule has 2 rings (SSSR count). The van der Waals surface area contributed by atoms with Crippen LogP contribution in [0.15, 0.2) is 15.1 Å². The van der Waals surface area contributed by atoms with Gasteiger partial charge in [0.05, 0.1) is 17.2 Å². The molecule has 1 aliphatic carbocycles. The zero-order valence-electron chi connectivity index (χ0n) is 8.59. The second-order valence-corrected chi connectivity index (χ2v) is 5.47. The van der Waals surface area contributed by atoms with E-state index in [9.17, 15) is 0 Å². The molecular weight excluding hydrogens is 322 g/mol. The number of nitrogens with zero attached hydrogens (tertiary/aromatic N) is 1. The molecule has 0 spiro atoms. The average molecular weight is 335 g/mol. The second-order valence-electron chi connectivity index (χ2n) is 3.87. The van der Waals surface area contributed by atoms with Gasteiger partial charge in [0.25, 0.3) is 0 Å². The van der Waals surface area contributed by atoms with Gasteiger partial charge in [0.15, 0.2) is 0 Å². The minimum absolute atomic E-state index is 0.479. The molecule has 1 aliphatic rings. The minimum atomic E-state index is 0.479. The number of pyridine rings is 1. The Morgan fingerprint density at radius 1 is 1.47 bits per heavy atom. The molecule has 1 aromatic rings. The Morgan fingerprint density at radius 3 is 2.80 bits per heavy atom. The SMILES string of the molecule is Cc1nc(Br)c(Br)cc1COC1CCC1. The lowest BCUT2D eigenvalue weighted by atomic mass is 9.96. The van der Waals surface area contributed by atoms with E-state index in [-0.39, 0.29) is 0 Å². The number of ether oxygens (including phenoxy) is 1. The number of hydrogen-bond donors (Lipinski definition) is 0. The summed E-state index contributed by atoms with van der Waals surface area (Å²) in [6.45, 7) is 2.69. The Labute approximate surface area is 107 Å². The molecule has 0 amide bonds. The van der Waals surface area contributed by atoms with Crippen LogP contribution in [-0.2, 0) is 11.3 Å². The highest BCUT2D eigenvalue weighted by atomic mass is 79.9. The molecule has 15 heavy (non-hydrogen) atoms. The van der Waals surface area contributed by atoms with E-state index in [2.05, 4.69) is 42.9 Å². The maximum absolute atomic E-state index is 5.76. The average Bonchev–Trinajstić information content (AvgIpc) is 2.11. The first-order valence-corrected chi connectivity index (χ1v) is 6.68. The highest BCUT2D eigenvalue weighted by Gasteiger charge is 2.18. The van der Waals surface area contributed by atoms with Crippen molar-refractivity contribution in [3.8, 4) is 0 Å². The van der Waals surface area contributed by atoms with Crippen molar-refractivity contribution < 1.29 is 4.74 Å². The summed E-state index contributed by atoms with van der Waals surface area (Å²) in [5, 5.41) is 0. The second kappa shape index (κ2) is 4.93. The van der Waals surface area contributed by atoms with E-state index in [1.165, 1.54) is 19.3 Å². The number of rotatable bonds is 3. The molecule has 0 unspecified atom stereocenters. The van der Waals surface area contributed by atoms with Gasteiger partial charge in [0, 0.05) is 11.3 Å². The summed E-state index contributed by atoms with van der Waals surface area (Å²) in [7, 11) is 0. The van der Waals surface area contributed by atoms with Crippen LogP contribution in [0.1, 0.15) is 30.5 Å². The summed E-state index contributed by atoms with van der Waals surface area (Å²) < 4.78 is 7.60. The molecule has 4 heteroatoms. The molecule has 2 nitrogen and oxygen atoms in total. The van der Waals surface area contributed by atoms with Gasteiger partial charge in [0.1, 0.15) is 4.60 Å². The maximum Gasteiger partial charge on any atom is 0.120 e. The molecule has 0 radical (unpaired) electrons. The summed E-state index contributed by atoms with van der Waals surface area (Å²) in [6, 6.07) is 2.07. The van der Waals surface area contributed by atoms with Crippen LogP contribution in [-0.4, -0.2) is 11.1 Å². The van der Waals surface area contributed by atoms with Crippen LogP contribution in [0.2, 0.25) is 0 Å². The third kappa shape index (κ3) is 2.80. The fraction of sp³-hybridized carbons (Fsp3) is 0.545. The lowest BCUT2D eigenvalue weighted by Gasteiger charge is -2.25. The fourth-order valence-electron chi connectivity index (χ4n) is 1.48.